The molecule has 2 heterocycles. The third-order valence-electron chi connectivity index (χ3n) is 6.14. The number of methoxy groups -OCH3 is 1. The SMILES string of the molecule is CO[C@@H]([C@@H]1CCCN1)[C@@H](C)C(=O)C[C@@H](Cc1ccccc1)C(=O)N1CCCCO1. The minimum absolute atomic E-state index is 0.0804. The van der Waals surface area contributed by atoms with Crippen LogP contribution in [0.5, 0.6) is 0 Å². The average molecular weight is 403 g/mol. The molecule has 0 unspecified atom stereocenters. The molecule has 0 bridgehead atoms. The molecule has 1 amide bonds. The second-order valence-electron chi connectivity index (χ2n) is 8.23. The van der Waals surface area contributed by atoms with Crippen LogP contribution in [-0.4, -0.2) is 55.7 Å². The number of rotatable bonds is 9. The zero-order valence-electron chi connectivity index (χ0n) is 17.6. The highest BCUT2D eigenvalue weighted by atomic mass is 16.7. The highest BCUT2D eigenvalue weighted by molar-refractivity contribution is 5.88. The molecule has 2 aliphatic heterocycles. The van der Waals surface area contributed by atoms with Gasteiger partial charge < -0.3 is 10.1 Å². The molecule has 2 saturated heterocycles. The predicted molar refractivity (Wildman–Crippen MR) is 111 cm³/mol. The molecule has 29 heavy (non-hydrogen) atoms. The van der Waals surface area contributed by atoms with Gasteiger partial charge in [0, 0.05) is 32.0 Å². The van der Waals surface area contributed by atoms with E-state index in [1.165, 1.54) is 5.06 Å². The number of nitrogens with zero attached hydrogens (tertiary/aromatic N) is 1. The molecule has 1 aromatic rings. The molecule has 6 nitrogen and oxygen atoms in total. The van der Waals surface area contributed by atoms with E-state index in [2.05, 4.69) is 5.32 Å². The van der Waals surface area contributed by atoms with Gasteiger partial charge in [-0.25, -0.2) is 5.06 Å². The summed E-state index contributed by atoms with van der Waals surface area (Å²) < 4.78 is 5.69. The van der Waals surface area contributed by atoms with Crippen LogP contribution in [-0.2, 0) is 25.6 Å². The maximum absolute atomic E-state index is 13.2. The fourth-order valence-electron chi connectivity index (χ4n) is 4.44. The smallest absolute Gasteiger partial charge is 0.250 e. The number of ether oxygens (including phenoxy) is 1. The van der Waals surface area contributed by atoms with Crippen LogP contribution >= 0.6 is 0 Å². The molecule has 0 radical (unpaired) electrons. The second kappa shape index (κ2) is 10.9. The molecular weight excluding hydrogens is 368 g/mol. The van der Waals surface area contributed by atoms with Crippen LogP contribution in [0.15, 0.2) is 30.3 Å². The summed E-state index contributed by atoms with van der Waals surface area (Å²) in [5.41, 5.74) is 1.06. The van der Waals surface area contributed by atoms with Crippen molar-refractivity contribution < 1.29 is 19.2 Å². The van der Waals surface area contributed by atoms with Crippen molar-refractivity contribution in [3.8, 4) is 0 Å². The molecule has 0 aromatic heterocycles. The topological polar surface area (TPSA) is 67.9 Å². The molecule has 0 spiro atoms. The van der Waals surface area contributed by atoms with E-state index in [1.54, 1.807) is 7.11 Å². The minimum atomic E-state index is -0.417. The number of Topliss-reactive ketones (excluding diaryl/α,β-unsaturated/α-hetero) is 1. The van der Waals surface area contributed by atoms with Crippen LogP contribution in [0.4, 0.5) is 0 Å². The van der Waals surface area contributed by atoms with Crippen molar-refractivity contribution in [1.82, 2.24) is 10.4 Å². The Bertz CT molecular complexity index is 654. The number of carbonyl (C=O) groups is 2. The van der Waals surface area contributed by atoms with Crippen LogP contribution in [0.25, 0.3) is 0 Å². The van der Waals surface area contributed by atoms with Gasteiger partial charge in [0.1, 0.15) is 5.78 Å². The van der Waals surface area contributed by atoms with Gasteiger partial charge in [-0.1, -0.05) is 37.3 Å². The van der Waals surface area contributed by atoms with Crippen LogP contribution in [0, 0.1) is 11.8 Å². The average Bonchev–Trinajstić information content (AvgIpc) is 3.29. The Hall–Kier alpha value is -1.76. The quantitative estimate of drug-likeness (QED) is 0.688. The number of hydroxylamine groups is 2. The number of carbonyl (C=O) groups excluding carboxylic acids is 2. The van der Waals surface area contributed by atoms with Crippen molar-refractivity contribution in [2.24, 2.45) is 11.8 Å². The van der Waals surface area contributed by atoms with E-state index in [9.17, 15) is 9.59 Å². The third kappa shape index (κ3) is 5.87. The standard InChI is InChI=1S/C23H34N2O4/c1-17(22(28-2)20-11-8-12-24-20)21(26)16-19(15-18-9-4-3-5-10-18)23(27)25-13-6-7-14-29-25/h3-5,9-10,17,19-20,22,24H,6-8,11-16H2,1-2H3/t17-,19+,20-,22+/m0/s1. The number of amides is 1. The zero-order chi connectivity index (χ0) is 20.6. The highest BCUT2D eigenvalue weighted by Crippen LogP contribution is 2.24. The Kier molecular flexibility index (Phi) is 8.21. The van der Waals surface area contributed by atoms with E-state index < -0.39 is 5.92 Å². The Labute approximate surface area is 173 Å². The molecule has 160 valence electrons. The Morgan fingerprint density at radius 1 is 1.24 bits per heavy atom. The number of hydrogen-bond acceptors (Lipinski definition) is 5. The summed E-state index contributed by atoms with van der Waals surface area (Å²) in [5.74, 6) is -0.678. The summed E-state index contributed by atoms with van der Waals surface area (Å²) in [6.45, 7) is 4.05. The minimum Gasteiger partial charge on any atom is -0.379 e. The van der Waals surface area contributed by atoms with E-state index >= 15 is 0 Å². The summed E-state index contributed by atoms with van der Waals surface area (Å²) in [5, 5.41) is 4.91. The van der Waals surface area contributed by atoms with E-state index in [4.69, 9.17) is 9.57 Å². The number of nitrogens with one attached hydrogen (secondary N) is 1. The first-order valence-electron chi connectivity index (χ1n) is 10.9. The van der Waals surface area contributed by atoms with Crippen LogP contribution < -0.4 is 5.32 Å². The second-order valence-corrected chi connectivity index (χ2v) is 8.23. The largest absolute Gasteiger partial charge is 0.379 e. The monoisotopic (exact) mass is 402 g/mol. The van der Waals surface area contributed by atoms with Gasteiger partial charge in [-0.05, 0) is 44.2 Å². The molecule has 3 rings (SSSR count). The van der Waals surface area contributed by atoms with Crippen molar-refractivity contribution in [3.05, 3.63) is 35.9 Å². The van der Waals surface area contributed by atoms with Crippen molar-refractivity contribution in [2.75, 3.05) is 26.8 Å². The number of ketones is 1. The fourth-order valence-corrected chi connectivity index (χ4v) is 4.44. The van der Waals surface area contributed by atoms with Crippen molar-refractivity contribution in [2.45, 2.75) is 57.6 Å². The van der Waals surface area contributed by atoms with Crippen molar-refractivity contribution >= 4 is 11.7 Å². The molecule has 1 aromatic carbocycles. The van der Waals surface area contributed by atoms with Gasteiger partial charge in [0.05, 0.1) is 18.6 Å². The molecule has 6 heteroatoms. The van der Waals surface area contributed by atoms with Gasteiger partial charge in [0.25, 0.3) is 0 Å². The molecule has 2 aliphatic rings. The van der Waals surface area contributed by atoms with Gasteiger partial charge in [-0.3, -0.25) is 14.4 Å². The zero-order valence-corrected chi connectivity index (χ0v) is 17.6. The lowest BCUT2D eigenvalue weighted by atomic mass is 9.85. The van der Waals surface area contributed by atoms with E-state index in [0.29, 0.717) is 19.6 Å². The summed E-state index contributed by atoms with van der Waals surface area (Å²) in [7, 11) is 1.67. The van der Waals surface area contributed by atoms with Gasteiger partial charge in [-0.2, -0.15) is 0 Å². The van der Waals surface area contributed by atoms with E-state index in [0.717, 1.165) is 37.8 Å². The summed E-state index contributed by atoms with van der Waals surface area (Å²) in [6.07, 6.45) is 4.61. The lowest BCUT2D eigenvalue weighted by molar-refractivity contribution is -0.201. The third-order valence-corrected chi connectivity index (χ3v) is 6.14. The van der Waals surface area contributed by atoms with E-state index in [1.807, 2.05) is 37.3 Å². The van der Waals surface area contributed by atoms with E-state index in [-0.39, 0.29) is 36.2 Å². The lowest BCUT2D eigenvalue weighted by Gasteiger charge is -2.31. The van der Waals surface area contributed by atoms with Crippen LogP contribution in [0.3, 0.4) is 0 Å². The summed E-state index contributed by atoms with van der Waals surface area (Å²) in [4.78, 5) is 31.9. The summed E-state index contributed by atoms with van der Waals surface area (Å²) in [6, 6.07) is 10.1. The molecule has 0 saturated carbocycles. The fraction of sp³-hybridized carbons (Fsp3) is 0.652. The maximum atomic E-state index is 13.2. The molecule has 4 atom stereocenters. The van der Waals surface area contributed by atoms with Gasteiger partial charge >= 0.3 is 0 Å². The first kappa shape index (κ1) is 21.9. The molecule has 1 N–H and O–H groups in total. The van der Waals surface area contributed by atoms with Crippen LogP contribution in [0.1, 0.15) is 44.6 Å². The maximum Gasteiger partial charge on any atom is 0.250 e. The predicted octanol–water partition coefficient (Wildman–Crippen LogP) is 2.76. The van der Waals surface area contributed by atoms with Gasteiger partial charge in [0.15, 0.2) is 0 Å². The first-order valence-corrected chi connectivity index (χ1v) is 10.9. The van der Waals surface area contributed by atoms with Crippen molar-refractivity contribution in [3.63, 3.8) is 0 Å². The van der Waals surface area contributed by atoms with Gasteiger partial charge in [0.2, 0.25) is 5.91 Å². The molecule has 0 aliphatic carbocycles. The first-order chi connectivity index (χ1) is 14.1. The Morgan fingerprint density at radius 3 is 2.66 bits per heavy atom. The molecule has 2 fully saturated rings. The molecular formula is C23H34N2O4. The van der Waals surface area contributed by atoms with Gasteiger partial charge in [-0.15, -0.1) is 0 Å². The normalized spacial score (nSPS) is 22.8. The highest BCUT2D eigenvalue weighted by Gasteiger charge is 2.36. The Balaban J connectivity index is 1.70. The number of hydrogen-bond donors (Lipinski definition) is 1. The lowest BCUT2D eigenvalue weighted by Crippen LogP contribution is -2.45. The summed E-state index contributed by atoms with van der Waals surface area (Å²) >= 11 is 0. The number of benzene rings is 1. The van der Waals surface area contributed by atoms with Crippen LogP contribution in [0.2, 0.25) is 0 Å². The van der Waals surface area contributed by atoms with Crippen molar-refractivity contribution in [1.29, 1.82) is 0 Å². The Morgan fingerprint density at radius 2 is 2.03 bits per heavy atom.